The van der Waals surface area contributed by atoms with Gasteiger partial charge in [-0.1, -0.05) is 12.1 Å². The molecule has 0 fully saturated rings. The summed E-state index contributed by atoms with van der Waals surface area (Å²) >= 11 is 3.17. The number of hydrogen-bond donors (Lipinski definition) is 2. The van der Waals surface area contributed by atoms with E-state index in [2.05, 4.69) is 21.2 Å². The monoisotopic (exact) mass is 335 g/mol. The largest absolute Gasteiger partial charge is 0.507 e. The number of methoxy groups -OCH3 is 1. The quantitative estimate of drug-likeness (QED) is 0.902. The topological polar surface area (TPSA) is 58.6 Å². The molecule has 0 spiro atoms. The van der Waals surface area contributed by atoms with Gasteiger partial charge in [-0.05, 0) is 51.8 Å². The third kappa shape index (κ3) is 3.51. The number of phenols is 1. The Morgan fingerprint density at radius 2 is 1.95 bits per heavy atom. The Kier molecular flexibility index (Phi) is 4.63. The maximum atomic E-state index is 11.9. The van der Waals surface area contributed by atoms with E-state index in [0.717, 1.165) is 11.3 Å². The number of hydrogen-bond acceptors (Lipinski definition) is 3. The zero-order valence-corrected chi connectivity index (χ0v) is 12.5. The SMILES string of the molecule is COc1ccc(CNC(=O)c2ccc(Br)c(O)c2)cc1. The second kappa shape index (κ2) is 6.43. The summed E-state index contributed by atoms with van der Waals surface area (Å²) in [6.45, 7) is 0.416. The summed E-state index contributed by atoms with van der Waals surface area (Å²) in [6.07, 6.45) is 0. The molecule has 2 rings (SSSR count). The first-order valence-corrected chi connectivity index (χ1v) is 6.79. The van der Waals surface area contributed by atoms with Gasteiger partial charge in [-0.15, -0.1) is 0 Å². The molecule has 104 valence electrons. The average Bonchev–Trinajstić information content (AvgIpc) is 2.48. The maximum Gasteiger partial charge on any atom is 0.251 e. The van der Waals surface area contributed by atoms with Crippen LogP contribution >= 0.6 is 15.9 Å². The van der Waals surface area contributed by atoms with E-state index >= 15 is 0 Å². The minimum absolute atomic E-state index is 0.0436. The highest BCUT2D eigenvalue weighted by Crippen LogP contribution is 2.24. The Morgan fingerprint density at radius 1 is 1.25 bits per heavy atom. The van der Waals surface area contributed by atoms with Gasteiger partial charge in [-0.25, -0.2) is 0 Å². The second-order valence-electron chi connectivity index (χ2n) is 4.20. The summed E-state index contributed by atoms with van der Waals surface area (Å²) in [7, 11) is 1.61. The molecule has 2 aromatic carbocycles. The molecule has 0 radical (unpaired) electrons. The molecule has 0 aliphatic heterocycles. The van der Waals surface area contributed by atoms with Crippen LogP contribution in [-0.4, -0.2) is 18.1 Å². The molecule has 0 heterocycles. The smallest absolute Gasteiger partial charge is 0.251 e. The van der Waals surface area contributed by atoms with Crippen LogP contribution in [-0.2, 0) is 6.54 Å². The molecule has 0 unspecified atom stereocenters. The van der Waals surface area contributed by atoms with Crippen molar-refractivity contribution < 1.29 is 14.6 Å². The van der Waals surface area contributed by atoms with Gasteiger partial charge in [0.15, 0.2) is 0 Å². The average molecular weight is 336 g/mol. The molecule has 0 saturated heterocycles. The summed E-state index contributed by atoms with van der Waals surface area (Å²) in [5, 5.41) is 12.3. The maximum absolute atomic E-state index is 11.9. The van der Waals surface area contributed by atoms with Crippen molar-refractivity contribution in [2.75, 3.05) is 7.11 Å². The molecule has 2 N–H and O–H groups in total. The number of phenolic OH excluding ortho intramolecular Hbond substituents is 1. The molecule has 1 amide bonds. The molecule has 20 heavy (non-hydrogen) atoms. The number of carbonyl (C=O) groups is 1. The lowest BCUT2D eigenvalue weighted by Crippen LogP contribution is -2.22. The van der Waals surface area contributed by atoms with Crippen LogP contribution in [0.3, 0.4) is 0 Å². The second-order valence-corrected chi connectivity index (χ2v) is 5.05. The van der Waals surface area contributed by atoms with Crippen LogP contribution in [0.5, 0.6) is 11.5 Å². The van der Waals surface area contributed by atoms with Crippen molar-refractivity contribution in [1.29, 1.82) is 0 Å². The van der Waals surface area contributed by atoms with Crippen molar-refractivity contribution in [2.24, 2.45) is 0 Å². The van der Waals surface area contributed by atoms with Crippen LogP contribution in [0.1, 0.15) is 15.9 Å². The zero-order valence-electron chi connectivity index (χ0n) is 10.9. The highest BCUT2D eigenvalue weighted by molar-refractivity contribution is 9.10. The van der Waals surface area contributed by atoms with Gasteiger partial charge in [-0.2, -0.15) is 0 Å². The van der Waals surface area contributed by atoms with Gasteiger partial charge in [0.25, 0.3) is 5.91 Å². The fourth-order valence-electron chi connectivity index (χ4n) is 1.68. The van der Waals surface area contributed by atoms with E-state index in [9.17, 15) is 9.90 Å². The summed E-state index contributed by atoms with van der Waals surface area (Å²) in [5.74, 6) is 0.587. The molecule has 2 aromatic rings. The van der Waals surface area contributed by atoms with Crippen LogP contribution < -0.4 is 10.1 Å². The van der Waals surface area contributed by atoms with Crippen molar-refractivity contribution in [3.63, 3.8) is 0 Å². The first-order valence-electron chi connectivity index (χ1n) is 6.00. The first kappa shape index (κ1) is 14.4. The van der Waals surface area contributed by atoms with Gasteiger partial charge in [0.1, 0.15) is 11.5 Å². The standard InChI is InChI=1S/C15H14BrNO3/c1-20-12-5-2-10(3-6-12)9-17-15(19)11-4-7-13(16)14(18)8-11/h2-8,18H,9H2,1H3,(H,17,19). The number of ether oxygens (including phenoxy) is 1. The van der Waals surface area contributed by atoms with E-state index in [4.69, 9.17) is 4.74 Å². The number of nitrogens with one attached hydrogen (secondary N) is 1. The number of aromatic hydroxyl groups is 1. The van der Waals surface area contributed by atoms with E-state index in [1.807, 2.05) is 24.3 Å². The Balaban J connectivity index is 1.98. The number of benzene rings is 2. The fourth-order valence-corrected chi connectivity index (χ4v) is 1.93. The van der Waals surface area contributed by atoms with Gasteiger partial charge >= 0.3 is 0 Å². The van der Waals surface area contributed by atoms with Crippen LogP contribution in [0.25, 0.3) is 0 Å². The Bertz CT molecular complexity index is 611. The minimum atomic E-state index is -0.233. The van der Waals surface area contributed by atoms with E-state index in [0.29, 0.717) is 16.6 Å². The van der Waals surface area contributed by atoms with Gasteiger partial charge in [0, 0.05) is 12.1 Å². The lowest BCUT2D eigenvalue weighted by molar-refractivity contribution is 0.0950. The summed E-state index contributed by atoms with van der Waals surface area (Å²) in [4.78, 5) is 11.9. The summed E-state index contributed by atoms with van der Waals surface area (Å²) in [5.41, 5.74) is 1.39. The highest BCUT2D eigenvalue weighted by atomic mass is 79.9. The molecule has 0 bridgehead atoms. The van der Waals surface area contributed by atoms with Crippen molar-refractivity contribution in [3.05, 3.63) is 58.1 Å². The van der Waals surface area contributed by atoms with Gasteiger partial charge < -0.3 is 15.2 Å². The van der Waals surface area contributed by atoms with Crippen molar-refractivity contribution in [2.45, 2.75) is 6.54 Å². The molecule has 5 heteroatoms. The molecule has 0 aliphatic rings. The summed E-state index contributed by atoms with van der Waals surface area (Å²) < 4.78 is 5.63. The number of carbonyl (C=O) groups excluding carboxylic acids is 1. The fraction of sp³-hybridized carbons (Fsp3) is 0.133. The normalized spacial score (nSPS) is 10.1. The number of halogens is 1. The highest BCUT2D eigenvalue weighted by Gasteiger charge is 2.08. The van der Waals surface area contributed by atoms with Crippen molar-refractivity contribution in [3.8, 4) is 11.5 Å². The van der Waals surface area contributed by atoms with E-state index in [1.54, 1.807) is 19.2 Å². The number of amides is 1. The van der Waals surface area contributed by atoms with Gasteiger partial charge in [0.05, 0.1) is 11.6 Å². The Hall–Kier alpha value is -2.01. The molecule has 0 atom stereocenters. The molecular formula is C15H14BrNO3. The van der Waals surface area contributed by atoms with Crippen LogP contribution in [0, 0.1) is 0 Å². The number of rotatable bonds is 4. The summed E-state index contributed by atoms with van der Waals surface area (Å²) in [6, 6.07) is 12.2. The molecule has 0 saturated carbocycles. The minimum Gasteiger partial charge on any atom is -0.507 e. The van der Waals surface area contributed by atoms with E-state index in [1.165, 1.54) is 6.07 Å². The van der Waals surface area contributed by atoms with Crippen molar-refractivity contribution in [1.82, 2.24) is 5.32 Å². The Labute approximate surface area is 125 Å². The molecular weight excluding hydrogens is 322 g/mol. The first-order chi connectivity index (χ1) is 9.60. The van der Waals surface area contributed by atoms with Crippen LogP contribution in [0.4, 0.5) is 0 Å². The third-order valence-corrected chi connectivity index (χ3v) is 3.49. The molecule has 0 aromatic heterocycles. The van der Waals surface area contributed by atoms with Gasteiger partial charge in [-0.3, -0.25) is 4.79 Å². The lowest BCUT2D eigenvalue weighted by atomic mass is 10.2. The zero-order chi connectivity index (χ0) is 14.5. The van der Waals surface area contributed by atoms with E-state index in [-0.39, 0.29) is 11.7 Å². The molecule has 0 aliphatic carbocycles. The Morgan fingerprint density at radius 3 is 2.55 bits per heavy atom. The van der Waals surface area contributed by atoms with Crippen LogP contribution in [0.15, 0.2) is 46.9 Å². The predicted octanol–water partition coefficient (Wildman–Crippen LogP) is 3.09. The van der Waals surface area contributed by atoms with Crippen LogP contribution in [0.2, 0.25) is 0 Å². The molecule has 4 nitrogen and oxygen atoms in total. The lowest BCUT2D eigenvalue weighted by Gasteiger charge is -2.07. The van der Waals surface area contributed by atoms with E-state index < -0.39 is 0 Å². The van der Waals surface area contributed by atoms with Crippen molar-refractivity contribution >= 4 is 21.8 Å². The third-order valence-electron chi connectivity index (χ3n) is 2.82. The van der Waals surface area contributed by atoms with Gasteiger partial charge in [0.2, 0.25) is 0 Å². The predicted molar refractivity (Wildman–Crippen MR) is 80.0 cm³/mol.